The van der Waals surface area contributed by atoms with Gasteiger partial charge in [-0.1, -0.05) is 6.07 Å². The highest BCUT2D eigenvalue weighted by Crippen LogP contribution is 2.36. The first-order chi connectivity index (χ1) is 12.9. The van der Waals surface area contributed by atoms with Gasteiger partial charge in [0, 0.05) is 30.4 Å². The monoisotopic (exact) mass is 370 g/mol. The average molecular weight is 370 g/mol. The number of piperazine rings is 1. The van der Waals surface area contributed by atoms with Crippen LogP contribution in [0.4, 0.5) is 10.5 Å². The van der Waals surface area contributed by atoms with Gasteiger partial charge in [0.25, 0.3) is 0 Å². The Morgan fingerprint density at radius 2 is 1.89 bits per heavy atom. The predicted octanol–water partition coefficient (Wildman–Crippen LogP) is 3.23. The van der Waals surface area contributed by atoms with Gasteiger partial charge in [0.2, 0.25) is 0 Å². The van der Waals surface area contributed by atoms with Crippen LogP contribution >= 0.6 is 0 Å². The van der Waals surface area contributed by atoms with Gasteiger partial charge in [-0.2, -0.15) is 4.98 Å². The molecule has 1 amide bonds. The second-order valence-corrected chi connectivity index (χ2v) is 8.24. The summed E-state index contributed by atoms with van der Waals surface area (Å²) >= 11 is 0. The molecule has 0 N–H and O–H groups in total. The number of rotatable bonds is 2. The summed E-state index contributed by atoms with van der Waals surface area (Å²) < 4.78 is 10.8. The topological polar surface area (TPSA) is 67.8 Å². The number of methoxy groups -OCH3 is 1. The molecular formula is C20H26N4O3. The molecule has 3 heterocycles. The van der Waals surface area contributed by atoms with E-state index in [4.69, 9.17) is 9.47 Å². The van der Waals surface area contributed by atoms with Crippen LogP contribution in [0.1, 0.15) is 33.6 Å². The van der Waals surface area contributed by atoms with Crippen LogP contribution < -0.4 is 9.64 Å². The zero-order valence-corrected chi connectivity index (χ0v) is 16.3. The molecule has 27 heavy (non-hydrogen) atoms. The number of ether oxygens (including phenoxy) is 2. The summed E-state index contributed by atoms with van der Waals surface area (Å²) in [6, 6.07) is 6.79. The minimum absolute atomic E-state index is 0.174. The molecule has 1 aromatic heterocycles. The van der Waals surface area contributed by atoms with Crippen molar-refractivity contribution in [2.75, 3.05) is 25.1 Å². The summed E-state index contributed by atoms with van der Waals surface area (Å²) in [6.07, 6.45) is 3.64. The average Bonchev–Trinajstić information content (AvgIpc) is 2.89. The summed E-state index contributed by atoms with van der Waals surface area (Å²) in [7, 11) is 1.57. The molecule has 1 aromatic carbocycles. The van der Waals surface area contributed by atoms with E-state index in [9.17, 15) is 4.79 Å². The van der Waals surface area contributed by atoms with Crippen LogP contribution in [0.2, 0.25) is 0 Å². The first-order valence-electron chi connectivity index (χ1n) is 9.42. The number of aromatic nitrogens is 2. The quantitative estimate of drug-likeness (QED) is 0.809. The molecule has 0 radical (unpaired) electrons. The molecule has 2 bridgehead atoms. The number of carbonyl (C=O) groups excluding carboxylic acids is 1. The Bertz CT molecular complexity index is 850. The minimum atomic E-state index is -0.473. The Morgan fingerprint density at radius 3 is 2.52 bits per heavy atom. The van der Waals surface area contributed by atoms with Crippen LogP contribution in [-0.4, -0.2) is 58.8 Å². The molecule has 2 aliphatic rings. The Labute approximate surface area is 159 Å². The van der Waals surface area contributed by atoms with E-state index >= 15 is 0 Å². The van der Waals surface area contributed by atoms with Gasteiger partial charge < -0.3 is 14.4 Å². The van der Waals surface area contributed by atoms with Crippen molar-refractivity contribution in [2.24, 2.45) is 0 Å². The Hall–Kier alpha value is -2.57. The van der Waals surface area contributed by atoms with Gasteiger partial charge in [0.15, 0.2) is 0 Å². The van der Waals surface area contributed by atoms with Gasteiger partial charge in [-0.25, -0.2) is 9.78 Å². The molecule has 144 valence electrons. The summed E-state index contributed by atoms with van der Waals surface area (Å²) in [5.41, 5.74) is 1.50. The molecule has 2 unspecified atom stereocenters. The molecule has 2 atom stereocenters. The molecule has 7 heteroatoms. The normalized spacial score (nSPS) is 22.2. The smallest absolute Gasteiger partial charge is 0.410 e. The molecule has 0 spiro atoms. The van der Waals surface area contributed by atoms with Crippen LogP contribution in [0.15, 0.2) is 24.4 Å². The standard InChI is InChI=1S/C20H26N4O3/c1-20(2,3)27-19(25)24-13-8-9-14(24)12-23(11-13)17-7-5-6-16-15(17)10-21-18(22-16)26-4/h5-7,10,13-14H,8-9,11-12H2,1-4H3. The third kappa shape index (κ3) is 3.38. The van der Waals surface area contributed by atoms with Crippen molar-refractivity contribution in [1.29, 1.82) is 0 Å². The maximum atomic E-state index is 12.7. The third-order valence-corrected chi connectivity index (χ3v) is 5.19. The van der Waals surface area contributed by atoms with E-state index < -0.39 is 5.60 Å². The Balaban J connectivity index is 1.59. The summed E-state index contributed by atoms with van der Waals surface area (Å²) in [4.78, 5) is 25.7. The number of anilines is 1. The number of amides is 1. The van der Waals surface area contributed by atoms with Gasteiger partial charge in [-0.3, -0.25) is 4.90 Å². The van der Waals surface area contributed by atoms with E-state index in [0.717, 1.165) is 42.5 Å². The van der Waals surface area contributed by atoms with E-state index in [1.807, 2.05) is 44.0 Å². The maximum absolute atomic E-state index is 12.7. The summed E-state index contributed by atoms with van der Waals surface area (Å²) in [5.74, 6) is 0. The fourth-order valence-corrected chi connectivity index (χ4v) is 4.11. The predicted molar refractivity (Wildman–Crippen MR) is 103 cm³/mol. The number of carbonyl (C=O) groups is 1. The van der Waals surface area contributed by atoms with E-state index in [2.05, 4.69) is 20.9 Å². The Morgan fingerprint density at radius 1 is 1.19 bits per heavy atom. The zero-order chi connectivity index (χ0) is 19.2. The van der Waals surface area contributed by atoms with E-state index in [1.165, 1.54) is 0 Å². The van der Waals surface area contributed by atoms with Crippen molar-refractivity contribution < 1.29 is 14.3 Å². The van der Waals surface area contributed by atoms with Crippen LogP contribution in [0.5, 0.6) is 6.01 Å². The van der Waals surface area contributed by atoms with Crippen LogP contribution in [0, 0.1) is 0 Å². The fraction of sp³-hybridized carbons (Fsp3) is 0.550. The lowest BCUT2D eigenvalue weighted by atomic mass is 10.1. The first-order valence-corrected chi connectivity index (χ1v) is 9.42. The third-order valence-electron chi connectivity index (χ3n) is 5.19. The second-order valence-electron chi connectivity index (χ2n) is 8.24. The van der Waals surface area contributed by atoms with Gasteiger partial charge in [-0.05, 0) is 45.7 Å². The molecule has 7 nitrogen and oxygen atoms in total. The zero-order valence-electron chi connectivity index (χ0n) is 16.3. The molecule has 2 fully saturated rings. The van der Waals surface area contributed by atoms with Crippen molar-refractivity contribution in [1.82, 2.24) is 14.9 Å². The Kier molecular flexibility index (Phi) is 4.32. The highest BCUT2D eigenvalue weighted by atomic mass is 16.6. The largest absolute Gasteiger partial charge is 0.467 e. The van der Waals surface area contributed by atoms with Crippen molar-refractivity contribution in [2.45, 2.75) is 51.3 Å². The van der Waals surface area contributed by atoms with Gasteiger partial charge in [-0.15, -0.1) is 0 Å². The minimum Gasteiger partial charge on any atom is -0.467 e. The van der Waals surface area contributed by atoms with Crippen molar-refractivity contribution in [3.8, 4) is 6.01 Å². The van der Waals surface area contributed by atoms with E-state index in [-0.39, 0.29) is 18.2 Å². The van der Waals surface area contributed by atoms with E-state index in [0.29, 0.717) is 6.01 Å². The molecule has 2 saturated heterocycles. The number of benzene rings is 1. The van der Waals surface area contributed by atoms with Crippen LogP contribution in [-0.2, 0) is 4.74 Å². The lowest BCUT2D eigenvalue weighted by Gasteiger charge is -2.42. The van der Waals surface area contributed by atoms with Gasteiger partial charge in [0.1, 0.15) is 5.60 Å². The van der Waals surface area contributed by atoms with Crippen molar-refractivity contribution >= 4 is 22.7 Å². The number of hydrogen-bond acceptors (Lipinski definition) is 6. The van der Waals surface area contributed by atoms with Crippen molar-refractivity contribution in [3.63, 3.8) is 0 Å². The molecule has 2 aromatic rings. The second kappa shape index (κ2) is 6.55. The number of hydrogen-bond donors (Lipinski definition) is 0. The molecule has 4 rings (SSSR count). The summed E-state index contributed by atoms with van der Waals surface area (Å²) in [6.45, 7) is 7.32. The lowest BCUT2D eigenvalue weighted by molar-refractivity contribution is 0.0123. The highest BCUT2D eigenvalue weighted by Gasteiger charge is 2.44. The summed E-state index contributed by atoms with van der Waals surface area (Å²) in [5, 5.41) is 1.00. The molecule has 2 aliphatic heterocycles. The number of fused-ring (bicyclic) bond motifs is 3. The van der Waals surface area contributed by atoms with Gasteiger partial charge >= 0.3 is 12.1 Å². The first kappa shape index (κ1) is 17.8. The van der Waals surface area contributed by atoms with E-state index in [1.54, 1.807) is 7.11 Å². The fourth-order valence-electron chi connectivity index (χ4n) is 4.11. The molecule has 0 aliphatic carbocycles. The van der Waals surface area contributed by atoms with Crippen LogP contribution in [0.25, 0.3) is 10.9 Å². The maximum Gasteiger partial charge on any atom is 0.410 e. The molecular weight excluding hydrogens is 344 g/mol. The number of nitrogens with zero attached hydrogens (tertiary/aromatic N) is 4. The SMILES string of the molecule is COc1ncc2c(N3CC4CCC(C3)N4C(=O)OC(C)(C)C)cccc2n1. The molecule has 0 saturated carbocycles. The van der Waals surface area contributed by atoms with Gasteiger partial charge in [0.05, 0.1) is 24.7 Å². The van der Waals surface area contributed by atoms with Crippen LogP contribution in [0.3, 0.4) is 0 Å². The highest BCUT2D eigenvalue weighted by molar-refractivity contribution is 5.91. The lowest BCUT2D eigenvalue weighted by Crippen LogP contribution is -2.56. The van der Waals surface area contributed by atoms with Crippen molar-refractivity contribution in [3.05, 3.63) is 24.4 Å².